The first-order chi connectivity index (χ1) is 12.7. The Balaban J connectivity index is 2.01. The SMILES string of the molecule is CCc1ccc([C@@H]([NH2+]CC(=O)Nc2cccc(S(N)(=O)=O)c2)C(C)C)cc1. The molecule has 0 fully saturated rings. The van der Waals surface area contributed by atoms with Gasteiger partial charge >= 0.3 is 0 Å². The van der Waals surface area contributed by atoms with Gasteiger partial charge in [-0.1, -0.05) is 51.1 Å². The summed E-state index contributed by atoms with van der Waals surface area (Å²) in [5.74, 6) is 0.161. The molecule has 7 heteroatoms. The van der Waals surface area contributed by atoms with E-state index in [1.807, 2.05) is 5.32 Å². The lowest BCUT2D eigenvalue weighted by molar-refractivity contribution is -0.692. The van der Waals surface area contributed by atoms with Gasteiger partial charge in [-0.05, 0) is 30.2 Å². The molecule has 1 atom stereocenters. The number of anilines is 1. The number of carbonyl (C=O) groups is 1. The number of benzene rings is 2. The van der Waals surface area contributed by atoms with E-state index in [-0.39, 0.29) is 23.4 Å². The summed E-state index contributed by atoms with van der Waals surface area (Å²) in [4.78, 5) is 12.3. The molecule has 0 radical (unpaired) electrons. The highest BCUT2D eigenvalue weighted by atomic mass is 32.2. The minimum Gasteiger partial charge on any atom is -0.332 e. The summed E-state index contributed by atoms with van der Waals surface area (Å²) in [6.07, 6.45) is 0.996. The zero-order valence-electron chi connectivity index (χ0n) is 16.0. The Morgan fingerprint density at radius 3 is 2.37 bits per heavy atom. The van der Waals surface area contributed by atoms with Gasteiger partial charge in [0.25, 0.3) is 5.91 Å². The predicted octanol–water partition coefficient (Wildman–Crippen LogP) is 1.80. The van der Waals surface area contributed by atoms with Crippen LogP contribution in [0.2, 0.25) is 0 Å². The predicted molar refractivity (Wildman–Crippen MR) is 107 cm³/mol. The molecule has 1 amide bonds. The second-order valence-corrected chi connectivity index (χ2v) is 8.49. The Hall–Kier alpha value is -2.22. The van der Waals surface area contributed by atoms with Crippen molar-refractivity contribution < 1.29 is 18.5 Å². The summed E-state index contributed by atoms with van der Waals surface area (Å²) in [7, 11) is -3.80. The van der Waals surface area contributed by atoms with Crippen LogP contribution in [0.1, 0.15) is 37.9 Å². The summed E-state index contributed by atoms with van der Waals surface area (Å²) in [6, 6.07) is 14.6. The van der Waals surface area contributed by atoms with Crippen molar-refractivity contribution in [1.82, 2.24) is 0 Å². The summed E-state index contributed by atoms with van der Waals surface area (Å²) in [5, 5.41) is 9.86. The number of aryl methyl sites for hydroxylation is 1. The molecule has 2 aromatic rings. The fourth-order valence-electron chi connectivity index (χ4n) is 2.97. The van der Waals surface area contributed by atoms with Gasteiger partial charge in [-0.2, -0.15) is 0 Å². The summed E-state index contributed by atoms with van der Waals surface area (Å²) < 4.78 is 22.8. The van der Waals surface area contributed by atoms with Crippen molar-refractivity contribution >= 4 is 21.6 Å². The number of carbonyl (C=O) groups excluding carboxylic acids is 1. The van der Waals surface area contributed by atoms with Gasteiger partial charge in [0.05, 0.1) is 4.90 Å². The largest absolute Gasteiger partial charge is 0.332 e. The lowest BCUT2D eigenvalue weighted by atomic mass is 9.95. The maximum absolute atomic E-state index is 12.3. The van der Waals surface area contributed by atoms with Crippen molar-refractivity contribution in [3.8, 4) is 0 Å². The van der Waals surface area contributed by atoms with Gasteiger partial charge in [0.1, 0.15) is 6.04 Å². The van der Waals surface area contributed by atoms with Crippen LogP contribution in [0.15, 0.2) is 53.4 Å². The van der Waals surface area contributed by atoms with Crippen LogP contribution in [0.25, 0.3) is 0 Å². The van der Waals surface area contributed by atoms with E-state index in [9.17, 15) is 13.2 Å². The van der Waals surface area contributed by atoms with Crippen LogP contribution in [0, 0.1) is 5.92 Å². The first-order valence-electron chi connectivity index (χ1n) is 9.05. The first kappa shape index (κ1) is 21.1. The number of hydrogen-bond donors (Lipinski definition) is 3. The molecule has 0 aliphatic rings. The molecule has 0 heterocycles. The van der Waals surface area contributed by atoms with Gasteiger partial charge in [-0.15, -0.1) is 0 Å². The van der Waals surface area contributed by atoms with Crippen LogP contribution in [-0.2, 0) is 21.2 Å². The molecule has 0 aliphatic carbocycles. The van der Waals surface area contributed by atoms with E-state index in [2.05, 4.69) is 50.4 Å². The smallest absolute Gasteiger partial charge is 0.279 e. The lowest BCUT2D eigenvalue weighted by Crippen LogP contribution is -2.88. The van der Waals surface area contributed by atoms with Gasteiger partial charge in [0.2, 0.25) is 10.0 Å². The third-order valence-corrected chi connectivity index (χ3v) is 5.41. The monoisotopic (exact) mass is 390 g/mol. The molecule has 0 saturated heterocycles. The number of quaternary nitrogens is 1. The quantitative estimate of drug-likeness (QED) is 0.640. The molecule has 146 valence electrons. The molecule has 2 aromatic carbocycles. The molecule has 0 bridgehead atoms. The van der Waals surface area contributed by atoms with Gasteiger partial charge in [0, 0.05) is 17.2 Å². The van der Waals surface area contributed by atoms with Gasteiger partial charge in [-0.3, -0.25) is 4.79 Å². The van der Waals surface area contributed by atoms with Crippen molar-refractivity contribution in [3.63, 3.8) is 0 Å². The maximum atomic E-state index is 12.3. The minimum absolute atomic E-state index is 0.0275. The van der Waals surface area contributed by atoms with E-state index >= 15 is 0 Å². The molecular formula is C20H28N3O3S+. The van der Waals surface area contributed by atoms with E-state index in [0.717, 1.165) is 6.42 Å². The zero-order chi connectivity index (χ0) is 20.0. The van der Waals surface area contributed by atoms with Gasteiger partial charge < -0.3 is 10.6 Å². The van der Waals surface area contributed by atoms with Crippen molar-refractivity contribution in [2.45, 2.75) is 38.1 Å². The molecule has 2 rings (SSSR count). The summed E-state index contributed by atoms with van der Waals surface area (Å²) >= 11 is 0. The Morgan fingerprint density at radius 2 is 1.81 bits per heavy atom. The topological polar surface area (TPSA) is 106 Å². The molecule has 6 nitrogen and oxygen atoms in total. The molecule has 27 heavy (non-hydrogen) atoms. The fourth-order valence-corrected chi connectivity index (χ4v) is 3.53. The number of nitrogens with two attached hydrogens (primary N) is 2. The molecule has 0 spiro atoms. The van der Waals surface area contributed by atoms with Crippen LogP contribution in [0.5, 0.6) is 0 Å². The molecule has 0 saturated carbocycles. The highest BCUT2D eigenvalue weighted by Crippen LogP contribution is 2.18. The average molecular weight is 391 g/mol. The molecule has 0 aliphatic heterocycles. The van der Waals surface area contributed by atoms with Crippen LogP contribution < -0.4 is 15.8 Å². The van der Waals surface area contributed by atoms with Crippen LogP contribution in [-0.4, -0.2) is 20.9 Å². The first-order valence-corrected chi connectivity index (χ1v) is 10.6. The Labute approximate surface area is 161 Å². The second-order valence-electron chi connectivity index (χ2n) is 6.93. The van der Waals surface area contributed by atoms with E-state index in [1.165, 1.54) is 23.3 Å². The number of nitrogens with one attached hydrogen (secondary N) is 1. The Morgan fingerprint density at radius 1 is 1.15 bits per heavy atom. The van der Waals surface area contributed by atoms with Crippen LogP contribution >= 0.6 is 0 Å². The second kappa shape index (κ2) is 9.12. The van der Waals surface area contributed by atoms with E-state index in [0.29, 0.717) is 11.6 Å². The normalized spacial score (nSPS) is 12.8. The van der Waals surface area contributed by atoms with E-state index in [1.54, 1.807) is 12.1 Å². The zero-order valence-corrected chi connectivity index (χ0v) is 16.8. The van der Waals surface area contributed by atoms with Crippen LogP contribution in [0.3, 0.4) is 0 Å². The van der Waals surface area contributed by atoms with Gasteiger partial charge in [-0.25, -0.2) is 13.6 Å². The highest BCUT2D eigenvalue weighted by molar-refractivity contribution is 7.89. The highest BCUT2D eigenvalue weighted by Gasteiger charge is 2.20. The standard InChI is InChI=1S/C20H27N3O3S/c1-4-15-8-10-16(11-9-15)20(14(2)3)22-13-19(24)23-17-6-5-7-18(12-17)27(21,25)26/h5-12,14,20,22H,4,13H2,1-3H3,(H,23,24)(H2,21,25,26)/p+1/t20-/m0/s1. The van der Waals surface area contributed by atoms with E-state index in [4.69, 9.17) is 5.14 Å². The molecular weight excluding hydrogens is 362 g/mol. The Kier molecular flexibility index (Phi) is 7.12. The average Bonchev–Trinajstić information content (AvgIpc) is 2.61. The number of sulfonamides is 1. The third kappa shape index (κ3) is 6.16. The number of primary sulfonamides is 1. The minimum atomic E-state index is -3.80. The fraction of sp³-hybridized carbons (Fsp3) is 0.350. The summed E-state index contributed by atoms with van der Waals surface area (Å²) in [6.45, 7) is 6.61. The lowest BCUT2D eigenvalue weighted by Gasteiger charge is -2.20. The number of hydrogen-bond acceptors (Lipinski definition) is 3. The number of amides is 1. The van der Waals surface area contributed by atoms with E-state index < -0.39 is 10.0 Å². The molecule has 5 N–H and O–H groups in total. The summed E-state index contributed by atoms with van der Waals surface area (Å²) in [5.41, 5.74) is 2.88. The van der Waals surface area contributed by atoms with Crippen molar-refractivity contribution in [2.24, 2.45) is 11.1 Å². The Bertz CT molecular complexity index is 878. The van der Waals surface area contributed by atoms with Crippen molar-refractivity contribution in [3.05, 3.63) is 59.7 Å². The molecule has 0 aromatic heterocycles. The van der Waals surface area contributed by atoms with Crippen LogP contribution in [0.4, 0.5) is 5.69 Å². The maximum Gasteiger partial charge on any atom is 0.279 e. The van der Waals surface area contributed by atoms with Crippen molar-refractivity contribution in [2.75, 3.05) is 11.9 Å². The third-order valence-electron chi connectivity index (χ3n) is 4.49. The van der Waals surface area contributed by atoms with Crippen molar-refractivity contribution in [1.29, 1.82) is 0 Å². The van der Waals surface area contributed by atoms with Gasteiger partial charge in [0.15, 0.2) is 6.54 Å². The molecule has 0 unspecified atom stereocenters. The number of rotatable bonds is 8.